The molecule has 0 radical (unpaired) electrons. The Balaban J connectivity index is 1.08. The molecule has 0 bridgehead atoms. The topological polar surface area (TPSA) is 9.72 Å². The molecular formula is C25H33N3. The lowest BCUT2D eigenvalue weighted by atomic mass is 10.0. The fourth-order valence-corrected chi connectivity index (χ4v) is 5.68. The number of piperidine rings is 1. The van der Waals surface area contributed by atoms with Crippen LogP contribution in [0.1, 0.15) is 24.0 Å². The first-order valence-corrected chi connectivity index (χ1v) is 11.1. The molecule has 5 rings (SSSR count). The van der Waals surface area contributed by atoms with E-state index in [-0.39, 0.29) is 0 Å². The minimum Gasteiger partial charge on any atom is -0.300 e. The van der Waals surface area contributed by atoms with Crippen molar-refractivity contribution < 1.29 is 0 Å². The summed E-state index contributed by atoms with van der Waals surface area (Å²) in [5.41, 5.74) is 2.92. The smallest absolute Gasteiger partial charge is 0.0233 e. The van der Waals surface area contributed by atoms with E-state index in [0.29, 0.717) is 0 Å². The van der Waals surface area contributed by atoms with Crippen LogP contribution in [-0.4, -0.2) is 60.0 Å². The zero-order valence-electron chi connectivity index (χ0n) is 16.9. The van der Waals surface area contributed by atoms with E-state index in [1.165, 1.54) is 63.2 Å². The van der Waals surface area contributed by atoms with Gasteiger partial charge < -0.3 is 0 Å². The minimum absolute atomic E-state index is 0.820. The zero-order chi connectivity index (χ0) is 18.8. The van der Waals surface area contributed by atoms with E-state index >= 15 is 0 Å². The molecule has 3 saturated heterocycles. The van der Waals surface area contributed by atoms with Gasteiger partial charge in [-0.15, -0.1) is 0 Å². The van der Waals surface area contributed by atoms with Crippen LogP contribution >= 0.6 is 0 Å². The fraction of sp³-hybridized carbons (Fsp3) is 0.520. The third-order valence-corrected chi connectivity index (χ3v) is 7.16. The number of fused-ring (bicyclic) bond motifs is 1. The number of nitrogens with zero attached hydrogens (tertiary/aromatic N) is 3. The maximum absolute atomic E-state index is 2.84. The molecule has 0 unspecified atom stereocenters. The van der Waals surface area contributed by atoms with Gasteiger partial charge in [0.2, 0.25) is 0 Å². The van der Waals surface area contributed by atoms with E-state index in [9.17, 15) is 0 Å². The van der Waals surface area contributed by atoms with E-state index in [1.807, 2.05) is 0 Å². The number of rotatable bonds is 5. The van der Waals surface area contributed by atoms with Crippen molar-refractivity contribution in [2.45, 2.75) is 32.0 Å². The van der Waals surface area contributed by atoms with Crippen molar-refractivity contribution in [2.75, 3.05) is 39.3 Å². The lowest BCUT2D eigenvalue weighted by Crippen LogP contribution is -2.44. The van der Waals surface area contributed by atoms with Gasteiger partial charge in [0.15, 0.2) is 0 Å². The Morgan fingerprint density at radius 3 is 1.64 bits per heavy atom. The molecule has 0 aliphatic carbocycles. The zero-order valence-corrected chi connectivity index (χ0v) is 16.9. The van der Waals surface area contributed by atoms with Crippen LogP contribution in [0, 0.1) is 11.8 Å². The molecule has 0 amide bonds. The van der Waals surface area contributed by atoms with Crippen molar-refractivity contribution in [3.05, 3.63) is 71.8 Å². The molecule has 3 aliphatic rings. The summed E-state index contributed by atoms with van der Waals surface area (Å²) < 4.78 is 0. The fourth-order valence-electron chi connectivity index (χ4n) is 5.68. The van der Waals surface area contributed by atoms with Crippen molar-refractivity contribution in [1.29, 1.82) is 0 Å². The minimum atomic E-state index is 0.820. The Hall–Kier alpha value is -1.68. The maximum Gasteiger partial charge on any atom is 0.0233 e. The van der Waals surface area contributed by atoms with Gasteiger partial charge in [-0.05, 0) is 48.9 Å². The molecule has 0 aromatic heterocycles. The molecule has 2 aromatic rings. The Bertz CT molecular complexity index is 725. The molecule has 0 spiro atoms. The molecular weight excluding hydrogens is 342 g/mol. The number of likely N-dealkylation sites (tertiary alicyclic amines) is 3. The Morgan fingerprint density at radius 1 is 0.607 bits per heavy atom. The van der Waals surface area contributed by atoms with Gasteiger partial charge in [-0.25, -0.2) is 0 Å². The predicted octanol–water partition coefficient (Wildman–Crippen LogP) is 3.71. The Morgan fingerprint density at radius 2 is 1.11 bits per heavy atom. The van der Waals surface area contributed by atoms with Crippen molar-refractivity contribution in [2.24, 2.45) is 11.8 Å². The van der Waals surface area contributed by atoms with Crippen LogP contribution in [0.4, 0.5) is 0 Å². The van der Waals surface area contributed by atoms with Crippen LogP contribution in [0.25, 0.3) is 0 Å². The number of hydrogen-bond donors (Lipinski definition) is 0. The van der Waals surface area contributed by atoms with E-state index in [1.54, 1.807) is 0 Å². The lowest BCUT2D eigenvalue weighted by molar-refractivity contribution is 0.112. The highest BCUT2D eigenvalue weighted by Gasteiger charge is 2.42. The summed E-state index contributed by atoms with van der Waals surface area (Å²) in [6.45, 7) is 10.0. The van der Waals surface area contributed by atoms with Gasteiger partial charge in [0.25, 0.3) is 0 Å². The number of benzene rings is 2. The Kier molecular flexibility index (Phi) is 5.48. The molecule has 3 fully saturated rings. The summed E-state index contributed by atoms with van der Waals surface area (Å²) in [5.74, 6) is 1.79. The monoisotopic (exact) mass is 375 g/mol. The van der Waals surface area contributed by atoms with Crippen LogP contribution in [0.3, 0.4) is 0 Å². The summed E-state index contributed by atoms with van der Waals surface area (Å²) in [7, 11) is 0. The first kappa shape index (κ1) is 18.4. The lowest BCUT2D eigenvalue weighted by Gasteiger charge is -2.37. The largest absolute Gasteiger partial charge is 0.300 e. The van der Waals surface area contributed by atoms with Crippen molar-refractivity contribution in [3.63, 3.8) is 0 Å². The normalized spacial score (nSPS) is 27.3. The van der Waals surface area contributed by atoms with Gasteiger partial charge in [-0.1, -0.05) is 60.7 Å². The second-order valence-electron chi connectivity index (χ2n) is 9.15. The summed E-state index contributed by atoms with van der Waals surface area (Å²) in [6, 6.07) is 22.7. The van der Waals surface area contributed by atoms with Crippen molar-refractivity contribution in [3.8, 4) is 0 Å². The molecule has 3 nitrogen and oxygen atoms in total. The molecule has 3 aliphatic heterocycles. The number of hydrogen-bond acceptors (Lipinski definition) is 3. The molecule has 2 aromatic carbocycles. The van der Waals surface area contributed by atoms with Crippen LogP contribution in [0.2, 0.25) is 0 Å². The second kappa shape index (κ2) is 8.36. The molecule has 28 heavy (non-hydrogen) atoms. The van der Waals surface area contributed by atoms with Crippen LogP contribution in [-0.2, 0) is 13.1 Å². The standard InChI is InChI=1S/C25H33N3/c1-3-7-21(8-4-1)15-26-13-11-25(12-14-26)28-19-23-17-27(18-24(23)20-28)16-22-9-5-2-6-10-22/h1-10,23-25H,11-20H2/t23-,24-/m1/s1. The van der Waals surface area contributed by atoms with Crippen LogP contribution in [0.5, 0.6) is 0 Å². The average Bonchev–Trinajstić information content (AvgIpc) is 3.29. The van der Waals surface area contributed by atoms with Gasteiger partial charge in [0, 0.05) is 45.3 Å². The summed E-state index contributed by atoms with van der Waals surface area (Å²) >= 11 is 0. The van der Waals surface area contributed by atoms with Gasteiger partial charge in [0.1, 0.15) is 0 Å². The summed E-state index contributed by atoms with van der Waals surface area (Å²) in [5, 5.41) is 0. The first-order valence-electron chi connectivity index (χ1n) is 11.1. The predicted molar refractivity (Wildman–Crippen MR) is 115 cm³/mol. The van der Waals surface area contributed by atoms with Crippen LogP contribution < -0.4 is 0 Å². The van der Waals surface area contributed by atoms with E-state index < -0.39 is 0 Å². The van der Waals surface area contributed by atoms with Crippen LogP contribution in [0.15, 0.2) is 60.7 Å². The molecule has 3 heterocycles. The van der Waals surface area contributed by atoms with Gasteiger partial charge in [-0.2, -0.15) is 0 Å². The molecule has 0 N–H and O–H groups in total. The van der Waals surface area contributed by atoms with Gasteiger partial charge in [0.05, 0.1) is 0 Å². The molecule has 2 atom stereocenters. The van der Waals surface area contributed by atoms with Gasteiger partial charge in [-0.3, -0.25) is 14.7 Å². The average molecular weight is 376 g/mol. The maximum atomic E-state index is 2.84. The highest BCUT2D eigenvalue weighted by molar-refractivity contribution is 5.15. The van der Waals surface area contributed by atoms with Crippen molar-refractivity contribution >= 4 is 0 Å². The first-order chi connectivity index (χ1) is 13.8. The van der Waals surface area contributed by atoms with Gasteiger partial charge >= 0.3 is 0 Å². The highest BCUT2D eigenvalue weighted by Crippen LogP contribution is 2.34. The highest BCUT2D eigenvalue weighted by atomic mass is 15.3. The summed E-state index contributed by atoms with van der Waals surface area (Å²) in [4.78, 5) is 8.17. The quantitative estimate of drug-likeness (QED) is 0.789. The molecule has 148 valence electrons. The third kappa shape index (κ3) is 4.17. The SMILES string of the molecule is c1ccc(CN2CCC(N3C[C@H]4CN(Cc5ccccc5)C[C@@H]4C3)CC2)cc1. The summed E-state index contributed by atoms with van der Waals surface area (Å²) in [6.07, 6.45) is 2.69. The van der Waals surface area contributed by atoms with E-state index in [4.69, 9.17) is 0 Å². The Labute approximate surface area is 169 Å². The third-order valence-electron chi connectivity index (χ3n) is 7.16. The van der Waals surface area contributed by atoms with E-state index in [2.05, 4.69) is 75.4 Å². The molecule has 3 heteroatoms. The molecule has 0 saturated carbocycles. The van der Waals surface area contributed by atoms with E-state index in [0.717, 1.165) is 31.0 Å². The second-order valence-corrected chi connectivity index (χ2v) is 9.15. The van der Waals surface area contributed by atoms with Crippen molar-refractivity contribution in [1.82, 2.24) is 14.7 Å².